The van der Waals surface area contributed by atoms with E-state index in [1.807, 2.05) is 20.8 Å². The zero-order valence-corrected chi connectivity index (χ0v) is 10.2. The van der Waals surface area contributed by atoms with Gasteiger partial charge in [-0.15, -0.1) is 0 Å². The normalized spacial score (nSPS) is 13.0. The molecule has 4 nitrogen and oxygen atoms in total. The minimum atomic E-state index is -0.449. The summed E-state index contributed by atoms with van der Waals surface area (Å²) in [5.41, 5.74) is -0.449. The second-order valence-electron chi connectivity index (χ2n) is 3.92. The van der Waals surface area contributed by atoms with Crippen LogP contribution in [0.15, 0.2) is 4.99 Å². The summed E-state index contributed by atoms with van der Waals surface area (Å²) in [6, 6.07) is 0. The molecule has 0 aromatic carbocycles. The monoisotopic (exact) mass is 217 g/mol. The molecule has 0 aliphatic rings. The number of aliphatic imine (C=N–C) groups is 1. The van der Waals surface area contributed by atoms with Gasteiger partial charge in [-0.05, 0) is 27.2 Å². The van der Waals surface area contributed by atoms with E-state index in [9.17, 15) is 0 Å². The molecule has 0 unspecified atom stereocenters. The van der Waals surface area contributed by atoms with Crippen LogP contribution in [0, 0.1) is 0 Å². The first-order chi connectivity index (χ1) is 7.05. The molecule has 15 heavy (non-hydrogen) atoms. The molecule has 90 valence electrons. The largest absolute Gasteiger partial charge is 0.481 e. The maximum Gasteiger partial charge on any atom is 0.182 e. The number of hydrogen-bond acceptors (Lipinski definition) is 4. The lowest BCUT2D eigenvalue weighted by atomic mass is 10.1. The highest BCUT2D eigenvalue weighted by Gasteiger charge is 2.16. The molecule has 0 spiro atoms. The number of nitrogens with zero attached hydrogens (tertiary/aromatic N) is 1. The number of ether oxygens (including phenoxy) is 2. The summed E-state index contributed by atoms with van der Waals surface area (Å²) < 4.78 is 10.8. The Balaban J connectivity index is 3.61. The third-order valence-corrected chi connectivity index (χ3v) is 1.97. The van der Waals surface area contributed by atoms with Gasteiger partial charge in [-0.1, -0.05) is 0 Å². The molecule has 0 amide bonds. The number of hydrogen-bond donors (Lipinski definition) is 1. The topological polar surface area (TPSA) is 51.0 Å². The first kappa shape index (κ1) is 14.4. The van der Waals surface area contributed by atoms with Gasteiger partial charge in [0, 0.05) is 20.1 Å². The van der Waals surface area contributed by atoms with Gasteiger partial charge in [0.1, 0.15) is 0 Å². The van der Waals surface area contributed by atoms with E-state index < -0.39 is 5.60 Å². The molecule has 0 aromatic heterocycles. The molecule has 0 radical (unpaired) electrons. The van der Waals surface area contributed by atoms with E-state index in [4.69, 9.17) is 14.6 Å². The van der Waals surface area contributed by atoms with Crippen LogP contribution in [0.5, 0.6) is 0 Å². The van der Waals surface area contributed by atoms with Gasteiger partial charge in [-0.2, -0.15) is 0 Å². The van der Waals surface area contributed by atoms with Gasteiger partial charge < -0.3 is 14.6 Å². The van der Waals surface area contributed by atoms with Crippen LogP contribution in [0.2, 0.25) is 0 Å². The molecule has 0 fully saturated rings. The van der Waals surface area contributed by atoms with Crippen LogP contribution in [0.3, 0.4) is 0 Å². The SMILES string of the molecule is CCOC(CCCOC(C)(C)CO)=NC. The van der Waals surface area contributed by atoms with Crippen LogP contribution in [0.1, 0.15) is 33.6 Å². The van der Waals surface area contributed by atoms with Crippen molar-refractivity contribution in [3.05, 3.63) is 0 Å². The van der Waals surface area contributed by atoms with Crippen molar-refractivity contribution in [3.8, 4) is 0 Å². The number of aliphatic hydroxyl groups excluding tert-OH is 1. The highest BCUT2D eigenvalue weighted by atomic mass is 16.5. The lowest BCUT2D eigenvalue weighted by Gasteiger charge is -2.22. The summed E-state index contributed by atoms with van der Waals surface area (Å²) in [6.45, 7) is 6.97. The average molecular weight is 217 g/mol. The molecule has 0 aliphatic carbocycles. The number of rotatable bonds is 7. The van der Waals surface area contributed by atoms with Crippen LogP contribution in [-0.2, 0) is 9.47 Å². The van der Waals surface area contributed by atoms with E-state index in [0.717, 1.165) is 18.7 Å². The van der Waals surface area contributed by atoms with E-state index in [1.165, 1.54) is 0 Å². The Hall–Kier alpha value is -0.610. The molecule has 0 saturated heterocycles. The zero-order chi connectivity index (χ0) is 11.7. The summed E-state index contributed by atoms with van der Waals surface area (Å²) in [6.07, 6.45) is 1.64. The molecule has 4 heteroatoms. The summed E-state index contributed by atoms with van der Waals surface area (Å²) in [7, 11) is 1.73. The first-order valence-corrected chi connectivity index (χ1v) is 5.39. The molecule has 0 heterocycles. The van der Waals surface area contributed by atoms with Gasteiger partial charge >= 0.3 is 0 Å². The molecule has 0 bridgehead atoms. The summed E-state index contributed by atoms with van der Waals surface area (Å²) in [4.78, 5) is 4.02. The van der Waals surface area contributed by atoms with Gasteiger partial charge in [0.2, 0.25) is 0 Å². The summed E-state index contributed by atoms with van der Waals surface area (Å²) in [5, 5.41) is 8.96. The van der Waals surface area contributed by atoms with E-state index in [1.54, 1.807) is 7.05 Å². The van der Waals surface area contributed by atoms with Gasteiger partial charge in [0.15, 0.2) is 5.90 Å². The van der Waals surface area contributed by atoms with Crippen molar-refractivity contribution in [3.63, 3.8) is 0 Å². The van der Waals surface area contributed by atoms with Crippen LogP contribution >= 0.6 is 0 Å². The minimum Gasteiger partial charge on any atom is -0.481 e. The molecular weight excluding hydrogens is 194 g/mol. The molecule has 0 atom stereocenters. The van der Waals surface area contributed by atoms with E-state index in [-0.39, 0.29) is 6.61 Å². The minimum absolute atomic E-state index is 0.0349. The van der Waals surface area contributed by atoms with Crippen LogP contribution in [0.4, 0.5) is 0 Å². The molecular formula is C11H23NO3. The maximum atomic E-state index is 8.96. The zero-order valence-electron chi connectivity index (χ0n) is 10.2. The fourth-order valence-electron chi connectivity index (χ4n) is 1.03. The predicted molar refractivity (Wildman–Crippen MR) is 61.3 cm³/mol. The molecule has 0 aliphatic heterocycles. The fourth-order valence-corrected chi connectivity index (χ4v) is 1.03. The van der Waals surface area contributed by atoms with Crippen molar-refractivity contribution in [2.75, 3.05) is 26.9 Å². The fraction of sp³-hybridized carbons (Fsp3) is 0.909. The van der Waals surface area contributed by atoms with Gasteiger partial charge in [-0.25, -0.2) is 0 Å². The van der Waals surface area contributed by atoms with Crippen molar-refractivity contribution >= 4 is 5.90 Å². The molecule has 0 aromatic rings. The Labute approximate surface area is 92.3 Å². The number of aliphatic hydroxyl groups is 1. The smallest absolute Gasteiger partial charge is 0.182 e. The quantitative estimate of drug-likeness (QED) is 0.400. The Kier molecular flexibility index (Phi) is 7.34. The lowest BCUT2D eigenvalue weighted by Crippen LogP contribution is -2.29. The first-order valence-electron chi connectivity index (χ1n) is 5.39. The highest BCUT2D eigenvalue weighted by molar-refractivity contribution is 5.75. The van der Waals surface area contributed by atoms with Crippen molar-refractivity contribution < 1.29 is 14.6 Å². The van der Waals surface area contributed by atoms with Crippen molar-refractivity contribution in [2.45, 2.75) is 39.2 Å². The third-order valence-electron chi connectivity index (χ3n) is 1.97. The Bertz CT molecular complexity index is 190. The van der Waals surface area contributed by atoms with Crippen LogP contribution in [0.25, 0.3) is 0 Å². The lowest BCUT2D eigenvalue weighted by molar-refractivity contribution is -0.0539. The Morgan fingerprint density at radius 1 is 1.40 bits per heavy atom. The summed E-state index contributed by atoms with van der Waals surface area (Å²) in [5.74, 6) is 0.767. The van der Waals surface area contributed by atoms with Gasteiger partial charge in [0.25, 0.3) is 0 Å². The Morgan fingerprint density at radius 2 is 2.07 bits per heavy atom. The molecule has 0 rings (SSSR count). The van der Waals surface area contributed by atoms with Crippen LogP contribution < -0.4 is 0 Å². The van der Waals surface area contributed by atoms with Crippen molar-refractivity contribution in [1.29, 1.82) is 0 Å². The molecule has 1 N–H and O–H groups in total. The van der Waals surface area contributed by atoms with Gasteiger partial charge in [-0.3, -0.25) is 4.99 Å². The second-order valence-corrected chi connectivity index (χ2v) is 3.92. The molecule has 0 saturated carbocycles. The van der Waals surface area contributed by atoms with Crippen molar-refractivity contribution in [1.82, 2.24) is 0 Å². The Morgan fingerprint density at radius 3 is 2.53 bits per heavy atom. The average Bonchev–Trinajstić information content (AvgIpc) is 2.22. The second kappa shape index (κ2) is 7.65. The maximum absolute atomic E-state index is 8.96. The summed E-state index contributed by atoms with van der Waals surface area (Å²) >= 11 is 0. The standard InChI is InChI=1S/C11H23NO3/c1-5-14-10(12-4)7-6-8-15-11(2,3)9-13/h13H,5-9H2,1-4H3. The van der Waals surface area contributed by atoms with E-state index >= 15 is 0 Å². The van der Waals surface area contributed by atoms with Crippen molar-refractivity contribution in [2.24, 2.45) is 4.99 Å². The van der Waals surface area contributed by atoms with Gasteiger partial charge in [0.05, 0.1) is 18.8 Å². The third kappa shape index (κ3) is 7.33. The van der Waals surface area contributed by atoms with E-state index in [0.29, 0.717) is 13.2 Å². The van der Waals surface area contributed by atoms with E-state index in [2.05, 4.69) is 4.99 Å². The predicted octanol–water partition coefficient (Wildman–Crippen LogP) is 1.62. The van der Waals surface area contributed by atoms with Crippen LogP contribution in [-0.4, -0.2) is 43.5 Å². The highest BCUT2D eigenvalue weighted by Crippen LogP contribution is 2.08.